The lowest BCUT2D eigenvalue weighted by Gasteiger charge is -2.37. The molecule has 2 aliphatic heterocycles. The minimum Gasteiger partial charge on any atom is -0.468 e. The summed E-state index contributed by atoms with van der Waals surface area (Å²) in [5.41, 5.74) is 20.1. The number of hydrogen-bond donors (Lipinski definition) is 0. The Morgan fingerprint density at radius 1 is 0.384 bits per heavy atom. The highest BCUT2D eigenvalue weighted by Crippen LogP contribution is 2.50. The van der Waals surface area contributed by atoms with Crippen LogP contribution >= 0.6 is 11.6 Å². The van der Waals surface area contributed by atoms with Gasteiger partial charge in [0.2, 0.25) is 0 Å². The molecule has 0 atom stereocenters. The van der Waals surface area contributed by atoms with Gasteiger partial charge in [-0.05, 0) is 114 Å². The van der Waals surface area contributed by atoms with E-state index in [0.29, 0.717) is 5.02 Å². The van der Waals surface area contributed by atoms with Crippen molar-refractivity contribution in [3.63, 3.8) is 0 Å². The van der Waals surface area contributed by atoms with Crippen LogP contribution in [0.3, 0.4) is 0 Å². The van der Waals surface area contributed by atoms with E-state index < -0.39 is 0 Å². The van der Waals surface area contributed by atoms with Gasteiger partial charge in [0.15, 0.2) is 11.2 Å². The Morgan fingerprint density at radius 2 is 0.919 bits per heavy atom. The standard InChI is InChI=1S/C37H20BN3O2.C37H22ClN3O2/c1-3-18-30-21(9-1)23-12-6-17-29(35(23)42-30)40-27-15-7-16-28-32(27)38(36-34(40)25-10-2-4-19-31(25)43-36)26-14-5-11-22-24-13-8-20-39-37(24)41(28)33(22)26;38-35-29(16-8-17-30(35)41-28-15-4-1-10-23(28)26-14-9-21-39-37(26)41)40(32-22-42-33-19-5-3-12-27(32)33)31-18-7-13-25-24-11-2-6-20-34(24)43-36(25)31/h1-20H;1-22H. The zero-order valence-corrected chi connectivity index (χ0v) is 46.3. The van der Waals surface area contributed by atoms with E-state index in [1.807, 2.05) is 103 Å². The molecule has 8 aromatic heterocycles. The van der Waals surface area contributed by atoms with Gasteiger partial charge in [0.05, 0.1) is 55.8 Å². The lowest BCUT2D eigenvalue weighted by Crippen LogP contribution is -2.60. The summed E-state index contributed by atoms with van der Waals surface area (Å²) >= 11 is 7.49. The number of benzene rings is 10. The summed E-state index contributed by atoms with van der Waals surface area (Å²) in [4.78, 5) is 14.2. The molecular weight excluding hydrogens is 1080 g/mol. The molecule has 0 saturated heterocycles. The number of halogens is 1. The van der Waals surface area contributed by atoms with E-state index in [4.69, 9.17) is 39.2 Å². The van der Waals surface area contributed by atoms with Crippen molar-refractivity contribution < 1.29 is 17.7 Å². The average molecular weight is 1130 g/mol. The van der Waals surface area contributed by atoms with Crippen molar-refractivity contribution in [2.45, 2.75) is 0 Å². The molecule has 0 saturated carbocycles. The third kappa shape index (κ3) is 6.46. The fourth-order valence-electron chi connectivity index (χ4n) is 14.1. The normalized spacial score (nSPS) is 12.7. The first kappa shape index (κ1) is 47.2. The van der Waals surface area contributed by atoms with Gasteiger partial charge < -0.3 is 27.5 Å². The number of para-hydroxylation sites is 8. The van der Waals surface area contributed by atoms with E-state index in [0.717, 1.165) is 150 Å². The van der Waals surface area contributed by atoms with Crippen LogP contribution in [0.4, 0.5) is 34.1 Å². The smallest absolute Gasteiger partial charge is 0.297 e. The summed E-state index contributed by atoms with van der Waals surface area (Å²) < 4.78 is 30.6. The molecule has 86 heavy (non-hydrogen) atoms. The number of aromatic nitrogens is 4. The first-order chi connectivity index (χ1) is 42.6. The molecule has 0 N–H and O–H groups in total. The fourth-order valence-corrected chi connectivity index (χ4v) is 14.4. The second kappa shape index (κ2) is 17.9. The zero-order chi connectivity index (χ0) is 56.3. The molecule has 0 amide bonds. The number of nitrogens with zero attached hydrogens (tertiary/aromatic N) is 6. The Balaban J connectivity index is 0.000000126. The number of furan rings is 4. The molecule has 2 aliphatic rings. The first-order valence-electron chi connectivity index (χ1n) is 28.7. The van der Waals surface area contributed by atoms with E-state index in [1.165, 1.54) is 21.8 Å². The van der Waals surface area contributed by atoms with Crippen LogP contribution in [0.1, 0.15) is 0 Å². The molecule has 0 aliphatic carbocycles. The van der Waals surface area contributed by atoms with E-state index in [9.17, 15) is 0 Å². The number of rotatable bonds is 5. The third-order valence-electron chi connectivity index (χ3n) is 17.6. The van der Waals surface area contributed by atoms with Gasteiger partial charge in [-0.3, -0.25) is 9.13 Å². The van der Waals surface area contributed by atoms with Gasteiger partial charge in [0.25, 0.3) is 6.71 Å². The van der Waals surface area contributed by atoms with Gasteiger partial charge >= 0.3 is 0 Å². The fraction of sp³-hybridized carbons (Fsp3) is 0. The molecule has 0 bridgehead atoms. The van der Waals surface area contributed by atoms with Crippen LogP contribution in [0.15, 0.2) is 273 Å². The molecule has 10 nitrogen and oxygen atoms in total. The van der Waals surface area contributed by atoms with Gasteiger partial charge in [-0.15, -0.1) is 0 Å². The van der Waals surface area contributed by atoms with Crippen LogP contribution in [-0.4, -0.2) is 25.8 Å². The monoisotopic (exact) mass is 1120 g/mol. The minimum absolute atomic E-state index is 0.0692. The average Bonchev–Trinajstić information content (AvgIpc) is 1.46. The van der Waals surface area contributed by atoms with Crippen LogP contribution in [0.25, 0.3) is 121 Å². The van der Waals surface area contributed by atoms with Gasteiger partial charge in [-0.2, -0.15) is 0 Å². The Morgan fingerprint density at radius 3 is 1.71 bits per heavy atom. The third-order valence-corrected chi connectivity index (χ3v) is 18.0. The second-order valence-electron chi connectivity index (χ2n) is 22.0. The van der Waals surface area contributed by atoms with Crippen molar-refractivity contribution in [3.8, 4) is 11.4 Å². The molecule has 0 spiro atoms. The topological polar surface area (TPSA) is 94.7 Å². The Kier molecular flexibility index (Phi) is 9.82. The largest absolute Gasteiger partial charge is 0.468 e. The summed E-state index contributed by atoms with van der Waals surface area (Å²) in [7, 11) is 0. The van der Waals surface area contributed by atoms with Gasteiger partial charge in [0, 0.05) is 77.6 Å². The highest BCUT2D eigenvalue weighted by atomic mass is 35.5. The SMILES string of the molecule is Clc1c(N(c2coc3ccccc23)c2cccc3c2oc2ccccc23)cccc1-n1c2ccccc2c2cccnc21.c1cc2c3c(c1)-n1c4ncccc4c4cccc(c41)B3c1oc3ccccc3c1N2c1cccc2c1oc1ccccc12. The Labute approximate surface area is 494 Å². The van der Waals surface area contributed by atoms with Crippen molar-refractivity contribution in [2.24, 2.45) is 0 Å². The van der Waals surface area contributed by atoms with Crippen molar-refractivity contribution in [1.82, 2.24) is 19.1 Å². The van der Waals surface area contributed by atoms with Crippen molar-refractivity contribution in [3.05, 3.63) is 260 Å². The van der Waals surface area contributed by atoms with Crippen LogP contribution in [0, 0.1) is 0 Å². The highest BCUT2D eigenvalue weighted by Gasteiger charge is 2.46. The van der Waals surface area contributed by atoms with Gasteiger partial charge in [0.1, 0.15) is 39.9 Å². The summed E-state index contributed by atoms with van der Waals surface area (Å²) in [5.74, 6) is 0. The second-order valence-corrected chi connectivity index (χ2v) is 22.4. The minimum atomic E-state index is -0.0692. The Hall–Kier alpha value is -11.3. The molecule has 402 valence electrons. The maximum atomic E-state index is 7.49. The number of fused-ring (bicyclic) bond motifs is 19. The maximum absolute atomic E-state index is 7.49. The molecule has 0 unspecified atom stereocenters. The van der Waals surface area contributed by atoms with E-state index in [2.05, 4.69) is 165 Å². The zero-order valence-electron chi connectivity index (χ0n) is 45.5. The quantitative estimate of drug-likeness (QED) is 0.157. The molecule has 18 aromatic rings. The van der Waals surface area contributed by atoms with E-state index >= 15 is 0 Å². The molecule has 12 heteroatoms. The summed E-state index contributed by atoms with van der Waals surface area (Å²) in [5, 5.41) is 11.5. The van der Waals surface area contributed by atoms with Gasteiger partial charge in [-0.1, -0.05) is 145 Å². The number of hydrogen-bond acceptors (Lipinski definition) is 8. The predicted molar refractivity (Wildman–Crippen MR) is 350 cm³/mol. The highest BCUT2D eigenvalue weighted by molar-refractivity contribution is 7.00. The molecule has 10 heterocycles. The molecular formula is C74H42BClN6O4. The van der Waals surface area contributed by atoms with Crippen molar-refractivity contribution in [1.29, 1.82) is 0 Å². The number of pyridine rings is 2. The van der Waals surface area contributed by atoms with Crippen molar-refractivity contribution >= 4 is 179 Å². The van der Waals surface area contributed by atoms with Gasteiger partial charge in [-0.25, -0.2) is 9.97 Å². The lowest BCUT2D eigenvalue weighted by atomic mass is 9.36. The summed E-state index contributed by atoms with van der Waals surface area (Å²) in [6.07, 6.45) is 5.50. The van der Waals surface area contributed by atoms with Crippen LogP contribution in [0.2, 0.25) is 5.02 Å². The van der Waals surface area contributed by atoms with Crippen molar-refractivity contribution in [2.75, 3.05) is 9.80 Å². The van der Waals surface area contributed by atoms with E-state index in [1.54, 1.807) is 6.26 Å². The first-order valence-corrected chi connectivity index (χ1v) is 29.1. The number of anilines is 6. The van der Waals surface area contributed by atoms with Crippen LogP contribution in [-0.2, 0) is 0 Å². The lowest BCUT2D eigenvalue weighted by molar-refractivity contribution is 0.616. The summed E-state index contributed by atoms with van der Waals surface area (Å²) in [6.45, 7) is -0.0692. The molecule has 0 radical (unpaired) electrons. The molecule has 0 fully saturated rings. The molecule has 10 aromatic carbocycles. The molecule has 20 rings (SSSR count). The van der Waals surface area contributed by atoms with Crippen LogP contribution < -0.4 is 26.4 Å². The Bertz CT molecular complexity index is 5830. The van der Waals surface area contributed by atoms with Crippen LogP contribution in [0.5, 0.6) is 0 Å². The summed E-state index contributed by atoms with van der Waals surface area (Å²) in [6, 6.07) is 81.4. The maximum Gasteiger partial charge on any atom is 0.297 e. The predicted octanol–water partition coefficient (Wildman–Crippen LogP) is 18.4. The van der Waals surface area contributed by atoms with E-state index in [-0.39, 0.29) is 6.71 Å².